The first-order chi connectivity index (χ1) is 39.0. The van der Waals surface area contributed by atoms with Gasteiger partial charge in [-0.3, -0.25) is 51.6 Å². The van der Waals surface area contributed by atoms with Gasteiger partial charge in [0.15, 0.2) is 29.4 Å². The molecule has 5 aromatic rings. The first kappa shape index (κ1) is 62.0. The van der Waals surface area contributed by atoms with Crippen LogP contribution < -0.4 is 32.5 Å². The molecule has 4 aliphatic rings. The molecule has 9 rings (SSSR count). The number of amides is 1. The zero-order valence-electron chi connectivity index (χ0n) is 44.0. The van der Waals surface area contributed by atoms with Crippen LogP contribution in [0.3, 0.4) is 0 Å². The van der Waals surface area contributed by atoms with E-state index in [0.717, 1.165) is 18.0 Å². The molecule has 0 bridgehead atoms. The third-order valence-electron chi connectivity index (χ3n) is 13.4. The molecule has 0 saturated carbocycles. The summed E-state index contributed by atoms with van der Waals surface area (Å²) in [4.78, 5) is 108. The Labute approximate surface area is 465 Å². The number of nitrogens with zero attached hydrogens (tertiary/aromatic N) is 10. The number of anilines is 2. The van der Waals surface area contributed by atoms with Crippen LogP contribution in [0, 0.1) is 5.92 Å². The minimum Gasteiger partial charge on any atom is -0.387 e. The Kier molecular flexibility index (Phi) is 18.0. The van der Waals surface area contributed by atoms with Crippen LogP contribution in [-0.4, -0.2) is 192 Å². The van der Waals surface area contributed by atoms with Crippen LogP contribution in [0.4, 0.5) is 17.7 Å². The third kappa shape index (κ3) is 13.2. The number of carbonyl (C=O) groups excluding carboxylic acids is 1. The molecule has 9 heterocycles. The number of nitrogen functional groups attached to an aromatic ring is 2. The van der Waals surface area contributed by atoms with Gasteiger partial charge in [-0.25, -0.2) is 37.8 Å². The van der Waals surface area contributed by atoms with Crippen molar-refractivity contribution in [3.63, 3.8) is 0 Å². The number of imidazole rings is 3. The number of nitrogens with one attached hydrogen (secondary N) is 3. The number of aromatic nitrogens is 10. The smallest absolute Gasteiger partial charge is 0.387 e. The van der Waals surface area contributed by atoms with Gasteiger partial charge < -0.3 is 75.5 Å². The van der Waals surface area contributed by atoms with E-state index in [1.54, 1.807) is 13.3 Å². The van der Waals surface area contributed by atoms with Crippen molar-refractivity contribution in [1.29, 1.82) is 0 Å². The zero-order valence-corrected chi connectivity index (χ0v) is 47.6. The maximum absolute atomic E-state index is 13.9. The number of aliphatic hydroxyl groups excluding tert-OH is 3. The molecule has 0 radical (unpaired) electrons. The molecule has 3 saturated heterocycles. The summed E-state index contributed by atoms with van der Waals surface area (Å²) in [6.45, 7) is -3.28. The van der Waals surface area contributed by atoms with Crippen molar-refractivity contribution in [3.05, 3.63) is 51.5 Å². The summed E-state index contributed by atoms with van der Waals surface area (Å²) in [7, 11) is -16.5. The Morgan fingerprint density at radius 1 is 0.771 bits per heavy atom. The van der Waals surface area contributed by atoms with Crippen LogP contribution in [-0.2, 0) is 75.8 Å². The monoisotopic (exact) mass is 1260 g/mol. The highest BCUT2D eigenvalue weighted by Gasteiger charge is 2.54. The molecule has 39 nitrogen and oxygen atoms in total. The van der Waals surface area contributed by atoms with Crippen molar-refractivity contribution in [3.8, 4) is 0 Å². The molecule has 0 aliphatic carbocycles. The molecule has 16 atom stereocenters. The number of aliphatic imine (C=N–C) groups is 1. The van der Waals surface area contributed by atoms with Crippen molar-refractivity contribution >= 4 is 89.2 Å². The average Bonchev–Trinajstić information content (AvgIpc) is 2.36. The van der Waals surface area contributed by atoms with Crippen LogP contribution >= 0.6 is 31.3 Å². The topological polar surface area (TPSA) is 535 Å². The molecule has 5 aromatic heterocycles. The first-order valence-corrected chi connectivity index (χ1v) is 30.5. The molecule has 0 spiro atoms. The fraction of sp³-hybridized carbons (Fsp3) is 0.575. The number of hydrogen-bond donors (Lipinski definition) is 12. The largest absolute Gasteiger partial charge is 0.490 e. The minimum atomic E-state index is -6.24. The Hall–Kier alpha value is -5.57. The Morgan fingerprint density at radius 3 is 2.02 bits per heavy atom. The number of methoxy groups -OCH3 is 1. The highest BCUT2D eigenvalue weighted by molar-refractivity contribution is 7.66. The number of nitrogens with two attached hydrogens (primary N) is 2. The third-order valence-corrected chi connectivity index (χ3v) is 18.7. The summed E-state index contributed by atoms with van der Waals surface area (Å²) < 4.78 is 112. The van der Waals surface area contributed by atoms with Gasteiger partial charge in [0.1, 0.15) is 48.4 Å². The predicted octanol–water partition coefficient (Wildman–Crippen LogP) is -2.45. The number of rotatable bonds is 22. The number of aryl methyl sites for hydroxylation is 1. The van der Waals surface area contributed by atoms with E-state index in [9.17, 15) is 67.5 Å². The first-order valence-electron chi connectivity index (χ1n) is 24.6. The molecular formula is C40H58N15O24P4+. The van der Waals surface area contributed by atoms with Gasteiger partial charge in [-0.15, -0.1) is 0 Å². The summed E-state index contributed by atoms with van der Waals surface area (Å²) >= 11 is 0. The van der Waals surface area contributed by atoms with E-state index in [1.165, 1.54) is 52.4 Å². The Morgan fingerprint density at radius 2 is 1.36 bits per heavy atom. The van der Waals surface area contributed by atoms with Gasteiger partial charge in [0, 0.05) is 46.8 Å². The molecule has 1 amide bonds. The summed E-state index contributed by atoms with van der Waals surface area (Å²) in [5.74, 6) is -2.23. The van der Waals surface area contributed by atoms with Crippen molar-refractivity contribution in [2.45, 2.75) is 86.8 Å². The second-order valence-electron chi connectivity index (χ2n) is 19.1. The van der Waals surface area contributed by atoms with E-state index in [2.05, 4.69) is 48.8 Å². The van der Waals surface area contributed by atoms with Crippen molar-refractivity contribution in [1.82, 2.24) is 53.8 Å². The van der Waals surface area contributed by atoms with Crippen LogP contribution in [0.1, 0.15) is 43.6 Å². The molecule has 43 heteroatoms. The Balaban J connectivity index is 0.896. The van der Waals surface area contributed by atoms with Gasteiger partial charge in [0.25, 0.3) is 16.7 Å². The van der Waals surface area contributed by atoms with E-state index in [4.69, 9.17) is 48.5 Å². The molecular weight excluding hydrogens is 1200 g/mol. The maximum Gasteiger partial charge on any atom is 0.490 e. The van der Waals surface area contributed by atoms with E-state index >= 15 is 0 Å². The van der Waals surface area contributed by atoms with Crippen LogP contribution in [0.5, 0.6) is 0 Å². The number of carbonyl (C=O) groups is 1. The predicted molar refractivity (Wildman–Crippen MR) is 277 cm³/mol. The molecule has 3 fully saturated rings. The van der Waals surface area contributed by atoms with Gasteiger partial charge in [-0.05, 0) is 12.8 Å². The quantitative estimate of drug-likeness (QED) is 0.0253. The lowest BCUT2D eigenvalue weighted by molar-refractivity contribution is -0.646. The van der Waals surface area contributed by atoms with Crippen molar-refractivity contribution in [2.24, 2.45) is 18.0 Å². The Bertz CT molecular complexity index is 3650. The summed E-state index contributed by atoms with van der Waals surface area (Å²) in [6.07, 6.45) is -10.2. The number of allylic oxidation sites excluding steroid dienone is 1. The van der Waals surface area contributed by atoms with Gasteiger partial charge in [0.2, 0.25) is 30.4 Å². The molecule has 4 aliphatic heterocycles. The number of aliphatic hydroxyl groups is 3. The number of H-pyrrole nitrogens is 2. The SMILES string of the molecule is CN/C1=C/CC/C=N\c2c1ncn2[C@@H]1O[C@H](COP(=O)(O)OP(=O)(O)OP(=O)(O)OC[C@H]2O[C@@H](n3c[n+](C)c4c(=O)[nH]c(N)nc43)[C@H](O)[C@@H]2CC(=O)N(C)C)[C@@H](OP(=O)(O)OC[C@H]2O[C@@H](n3cnc4c(=O)[nH]c(N)nc43)[C@H](O)[C@@H]2O)[C@H]1OC. The number of phosphoric ester groups is 3. The average molecular weight is 1260 g/mol. The summed E-state index contributed by atoms with van der Waals surface area (Å²) in [5, 5.41) is 36.4. The van der Waals surface area contributed by atoms with Crippen LogP contribution in [0.15, 0.2) is 39.6 Å². The van der Waals surface area contributed by atoms with Gasteiger partial charge >= 0.3 is 36.9 Å². The molecule has 83 heavy (non-hydrogen) atoms. The van der Waals surface area contributed by atoms with Gasteiger partial charge in [-0.2, -0.15) is 23.2 Å². The minimum absolute atomic E-state index is 0.00418. The van der Waals surface area contributed by atoms with E-state index < -0.39 is 148 Å². The fourth-order valence-electron chi connectivity index (χ4n) is 9.59. The standard InChI is InChI=1S/C40H57N15O24P4/c1-43-18-8-6-7-9-44-31-23(18)45-14-53(31)38-30(70-5)29(77-80(62,63)71-12-20-27(58)28(59)37(75-20)54-15-46-24-32(54)47-39(41)49-34(24)60)21(76-38)13-73-82(66,67)79-83(68,69)78-81(64,65)72-11-19-17(10-22(56)51(2)3)26(57)36(74-19)55-16-52(4)25-33(55)48-40(42)50-35(25)61/h8-9,14-17,19-21,26-30,36-38,43,57-59H,6-7,10-13H2,1-5H3,(H9-,41,42,47,48,49,50,60,61,62,63,64,65,66,67,68,69)/p+1/b18-8+,44-9-/t17-,19-,20-,21-,26-,27-,28-,29-,30-,36-,37-,38-/m1/s1. The highest BCUT2D eigenvalue weighted by Crippen LogP contribution is 2.68. The lowest BCUT2D eigenvalue weighted by Gasteiger charge is -2.26. The van der Waals surface area contributed by atoms with Crippen LogP contribution in [0.25, 0.3) is 28.0 Å². The zero-order chi connectivity index (χ0) is 60.2. The molecule has 0 aromatic carbocycles. The molecule has 14 N–H and O–H groups in total. The maximum atomic E-state index is 13.9. The normalized spacial score (nSPS) is 30.4. The number of ether oxygens (including phenoxy) is 4. The number of aromatic amines is 2. The lowest BCUT2D eigenvalue weighted by Crippen LogP contribution is -2.38. The molecule has 4 unspecified atom stereocenters. The van der Waals surface area contributed by atoms with E-state index in [1.807, 2.05) is 6.08 Å². The summed E-state index contributed by atoms with van der Waals surface area (Å²) in [5.41, 5.74) is 10.5. The van der Waals surface area contributed by atoms with E-state index in [-0.39, 0.29) is 40.0 Å². The van der Waals surface area contributed by atoms with Gasteiger partial charge in [0.05, 0.1) is 51.3 Å². The van der Waals surface area contributed by atoms with Crippen LogP contribution in [0.2, 0.25) is 0 Å². The van der Waals surface area contributed by atoms with Gasteiger partial charge in [-0.1, -0.05) is 6.08 Å². The number of fused-ring (bicyclic) bond motifs is 3. The lowest BCUT2D eigenvalue weighted by atomic mass is 9.94. The number of hydrogen-bond acceptors (Lipinski definition) is 28. The second kappa shape index (κ2) is 24.1. The summed E-state index contributed by atoms with van der Waals surface area (Å²) in [6, 6.07) is 0. The fourth-order valence-corrected chi connectivity index (χ4v) is 14.1. The van der Waals surface area contributed by atoms with Crippen molar-refractivity contribution in [2.75, 3.05) is 59.5 Å². The second-order valence-corrected chi connectivity index (χ2v) is 25.2. The van der Waals surface area contributed by atoms with E-state index in [0.29, 0.717) is 24.2 Å². The molecule has 456 valence electrons. The number of phosphoric acid groups is 4. The van der Waals surface area contributed by atoms with Crippen molar-refractivity contribution < 1.29 is 108 Å². The highest BCUT2D eigenvalue weighted by atomic mass is 31.3.